The number of benzene rings is 1. The highest BCUT2D eigenvalue weighted by atomic mass is 16.7. The number of carbonyl (C=O) groups excluding carboxylic acids is 1. The van der Waals surface area contributed by atoms with Crippen LogP contribution in [0.15, 0.2) is 43.0 Å². The first-order valence-corrected chi connectivity index (χ1v) is 6.91. The van der Waals surface area contributed by atoms with Crippen LogP contribution in [0.1, 0.15) is 17.3 Å². The zero-order valence-electron chi connectivity index (χ0n) is 12.0. The van der Waals surface area contributed by atoms with Gasteiger partial charge >= 0.3 is 5.97 Å². The zero-order valence-corrected chi connectivity index (χ0v) is 12.0. The van der Waals surface area contributed by atoms with E-state index in [1.165, 1.54) is 0 Å². The van der Waals surface area contributed by atoms with Gasteiger partial charge in [0.1, 0.15) is 6.10 Å². The summed E-state index contributed by atoms with van der Waals surface area (Å²) in [6.45, 7) is 6.00. The smallest absolute Gasteiger partial charge is 0.338 e. The molecule has 1 N–H and O–H groups in total. The second-order valence-corrected chi connectivity index (χ2v) is 5.03. The molecule has 1 aromatic rings. The van der Waals surface area contributed by atoms with E-state index in [0.29, 0.717) is 12.2 Å². The van der Waals surface area contributed by atoms with Crippen molar-refractivity contribution in [3.8, 4) is 0 Å². The Bertz CT molecular complexity index is 473. The molecule has 0 radical (unpaired) electrons. The van der Waals surface area contributed by atoms with Gasteiger partial charge in [-0.2, -0.15) is 0 Å². The highest BCUT2D eigenvalue weighted by molar-refractivity contribution is 5.89. The first kappa shape index (κ1) is 15.7. The van der Waals surface area contributed by atoms with Crippen LogP contribution in [0.25, 0.3) is 0 Å². The molecule has 1 saturated heterocycles. The monoisotopic (exact) mass is 292 g/mol. The number of esters is 1. The molecule has 5 nitrogen and oxygen atoms in total. The van der Waals surface area contributed by atoms with Crippen molar-refractivity contribution in [2.45, 2.75) is 25.4 Å². The molecule has 0 unspecified atom stereocenters. The Kier molecular flexibility index (Phi) is 5.50. The third-order valence-electron chi connectivity index (χ3n) is 3.34. The number of rotatable bonds is 5. The van der Waals surface area contributed by atoms with Crippen LogP contribution in [-0.4, -0.2) is 42.8 Å². The van der Waals surface area contributed by atoms with Crippen molar-refractivity contribution in [3.63, 3.8) is 0 Å². The molecule has 2 rings (SSSR count). The lowest BCUT2D eigenvalue weighted by molar-refractivity contribution is -0.253. The number of hydrogen-bond donors (Lipinski definition) is 1. The summed E-state index contributed by atoms with van der Waals surface area (Å²) in [5, 5.41) is 10.2. The molecule has 1 aliphatic rings. The number of carbonyl (C=O) groups is 1. The topological polar surface area (TPSA) is 65.0 Å². The maximum atomic E-state index is 12.1. The Morgan fingerprint density at radius 3 is 2.86 bits per heavy atom. The van der Waals surface area contributed by atoms with Crippen molar-refractivity contribution in [2.75, 3.05) is 13.2 Å². The molecule has 5 heteroatoms. The number of ether oxygens (including phenoxy) is 3. The molecule has 0 bridgehead atoms. The van der Waals surface area contributed by atoms with Gasteiger partial charge in [0.2, 0.25) is 0 Å². The van der Waals surface area contributed by atoms with Crippen molar-refractivity contribution in [2.24, 2.45) is 5.92 Å². The molecule has 114 valence electrons. The van der Waals surface area contributed by atoms with Crippen LogP contribution in [0.3, 0.4) is 0 Å². The summed E-state index contributed by atoms with van der Waals surface area (Å²) in [4.78, 5) is 12.1. The lowest BCUT2D eigenvalue weighted by Gasteiger charge is -2.37. The van der Waals surface area contributed by atoms with E-state index in [9.17, 15) is 9.90 Å². The van der Waals surface area contributed by atoms with Gasteiger partial charge < -0.3 is 19.3 Å². The third-order valence-corrected chi connectivity index (χ3v) is 3.34. The van der Waals surface area contributed by atoms with Gasteiger partial charge in [0.25, 0.3) is 0 Å². The minimum Gasteiger partial charge on any atom is -0.451 e. The van der Waals surface area contributed by atoms with Gasteiger partial charge in [-0.05, 0) is 12.1 Å². The van der Waals surface area contributed by atoms with Crippen LogP contribution in [0.5, 0.6) is 0 Å². The molecule has 4 atom stereocenters. The Hall–Kier alpha value is -1.69. The fraction of sp³-hybridized carbons (Fsp3) is 0.438. The van der Waals surface area contributed by atoms with Crippen molar-refractivity contribution in [1.29, 1.82) is 0 Å². The number of aliphatic hydroxyl groups is 1. The first-order valence-electron chi connectivity index (χ1n) is 6.91. The molecule has 1 heterocycles. The van der Waals surface area contributed by atoms with Gasteiger partial charge in [0, 0.05) is 5.92 Å². The van der Waals surface area contributed by atoms with Gasteiger partial charge in [-0.15, -0.1) is 6.58 Å². The maximum absolute atomic E-state index is 12.1. The Labute approximate surface area is 124 Å². The Morgan fingerprint density at radius 1 is 1.48 bits per heavy atom. The number of aliphatic hydroxyl groups excluding tert-OH is 1. The quantitative estimate of drug-likeness (QED) is 0.662. The van der Waals surface area contributed by atoms with E-state index in [4.69, 9.17) is 14.2 Å². The minimum atomic E-state index is -0.860. The van der Waals surface area contributed by atoms with Crippen LogP contribution in [-0.2, 0) is 14.2 Å². The molecule has 0 aromatic heterocycles. The average Bonchev–Trinajstić information content (AvgIpc) is 2.52. The van der Waals surface area contributed by atoms with Crippen molar-refractivity contribution < 1.29 is 24.1 Å². The van der Waals surface area contributed by atoms with E-state index >= 15 is 0 Å². The third kappa shape index (κ3) is 3.91. The lowest BCUT2D eigenvalue weighted by Crippen LogP contribution is -2.52. The lowest BCUT2D eigenvalue weighted by atomic mass is 9.97. The van der Waals surface area contributed by atoms with E-state index in [0.717, 1.165) is 0 Å². The summed E-state index contributed by atoms with van der Waals surface area (Å²) in [6, 6.07) is 8.62. The second kappa shape index (κ2) is 7.36. The summed E-state index contributed by atoms with van der Waals surface area (Å²) >= 11 is 0. The molecular formula is C16H20O5. The second-order valence-electron chi connectivity index (χ2n) is 5.03. The van der Waals surface area contributed by atoms with Crippen molar-refractivity contribution in [1.82, 2.24) is 0 Å². The van der Waals surface area contributed by atoms with E-state index in [1.807, 2.05) is 13.0 Å². The molecule has 0 spiro atoms. The summed E-state index contributed by atoms with van der Waals surface area (Å²) in [6.07, 6.45) is -0.909. The van der Waals surface area contributed by atoms with E-state index in [-0.39, 0.29) is 12.5 Å². The fourth-order valence-corrected chi connectivity index (χ4v) is 2.12. The van der Waals surface area contributed by atoms with Gasteiger partial charge in [0.15, 0.2) is 12.4 Å². The summed E-state index contributed by atoms with van der Waals surface area (Å²) in [7, 11) is 0. The fourth-order valence-electron chi connectivity index (χ4n) is 2.12. The average molecular weight is 292 g/mol. The standard InChI is InChI=1S/C16H20O5/c1-3-9-19-16-14(13(17)11(2)10-20-16)21-15(18)12-7-5-4-6-8-12/h3-8,11,13-14,16-17H,1,9-10H2,2H3/t11-,13-,14-,16-/m0/s1. The highest BCUT2D eigenvalue weighted by Crippen LogP contribution is 2.24. The van der Waals surface area contributed by atoms with E-state index in [2.05, 4.69) is 6.58 Å². The van der Waals surface area contributed by atoms with Crippen molar-refractivity contribution >= 4 is 5.97 Å². The normalized spacial score (nSPS) is 28.9. The number of hydrogen-bond acceptors (Lipinski definition) is 5. The Balaban J connectivity index is 2.08. The summed E-state index contributed by atoms with van der Waals surface area (Å²) in [5.74, 6) is -0.647. The molecule has 0 amide bonds. The first-order chi connectivity index (χ1) is 10.1. The van der Waals surface area contributed by atoms with Gasteiger partial charge in [0.05, 0.1) is 18.8 Å². The predicted octanol–water partition coefficient (Wildman–Crippen LogP) is 1.77. The molecule has 1 aliphatic heterocycles. The molecule has 21 heavy (non-hydrogen) atoms. The van der Waals surface area contributed by atoms with Crippen LogP contribution in [0.2, 0.25) is 0 Å². The van der Waals surface area contributed by atoms with Gasteiger partial charge in [-0.25, -0.2) is 4.79 Å². The van der Waals surface area contributed by atoms with E-state index in [1.54, 1.807) is 30.3 Å². The van der Waals surface area contributed by atoms with Crippen LogP contribution in [0, 0.1) is 5.92 Å². The van der Waals surface area contributed by atoms with E-state index < -0.39 is 24.5 Å². The van der Waals surface area contributed by atoms with Crippen LogP contribution >= 0.6 is 0 Å². The predicted molar refractivity (Wildman–Crippen MR) is 76.7 cm³/mol. The zero-order chi connectivity index (χ0) is 15.2. The molecule has 1 aromatic carbocycles. The van der Waals surface area contributed by atoms with Gasteiger partial charge in [-0.3, -0.25) is 0 Å². The minimum absolute atomic E-state index is 0.137. The summed E-state index contributed by atoms with van der Waals surface area (Å²) in [5.41, 5.74) is 0.422. The Morgan fingerprint density at radius 2 is 2.19 bits per heavy atom. The van der Waals surface area contributed by atoms with Crippen LogP contribution < -0.4 is 0 Å². The SMILES string of the molecule is C=CCO[C@H]1OC[C@H](C)[C@H](O)[C@@H]1OC(=O)c1ccccc1. The molecule has 0 saturated carbocycles. The summed E-state index contributed by atoms with van der Waals surface area (Å²) < 4.78 is 16.3. The molecule has 1 fully saturated rings. The molecular weight excluding hydrogens is 272 g/mol. The largest absolute Gasteiger partial charge is 0.451 e. The highest BCUT2D eigenvalue weighted by Gasteiger charge is 2.41. The maximum Gasteiger partial charge on any atom is 0.338 e. The molecule has 0 aliphatic carbocycles. The van der Waals surface area contributed by atoms with Crippen molar-refractivity contribution in [3.05, 3.63) is 48.6 Å². The van der Waals surface area contributed by atoms with Gasteiger partial charge in [-0.1, -0.05) is 31.2 Å². The van der Waals surface area contributed by atoms with Crippen LogP contribution in [0.4, 0.5) is 0 Å².